The Labute approximate surface area is 265 Å². The van der Waals surface area contributed by atoms with Crippen molar-refractivity contribution in [3.63, 3.8) is 0 Å². The number of carboxylic acids is 1. The summed E-state index contributed by atoms with van der Waals surface area (Å²) in [5.41, 5.74) is 5.71. The number of unbranched alkanes of at least 4 members (excludes halogenated alkanes) is 1. The van der Waals surface area contributed by atoms with Crippen molar-refractivity contribution in [2.45, 2.75) is 56.3 Å². The van der Waals surface area contributed by atoms with Crippen LogP contribution in [0.1, 0.15) is 54.4 Å². The number of anilines is 3. The summed E-state index contributed by atoms with van der Waals surface area (Å²) >= 11 is 6.00. The molecule has 1 aliphatic carbocycles. The third-order valence-corrected chi connectivity index (χ3v) is 7.16. The van der Waals surface area contributed by atoms with Crippen LogP contribution < -0.4 is 26.4 Å². The number of aromatic nitrogens is 3. The fraction of sp³-hybridized carbons (Fsp3) is 0.345. The van der Waals surface area contributed by atoms with Gasteiger partial charge in [0.1, 0.15) is 6.04 Å². The van der Waals surface area contributed by atoms with E-state index in [1.54, 1.807) is 12.1 Å². The van der Waals surface area contributed by atoms with E-state index < -0.39 is 53.9 Å². The van der Waals surface area contributed by atoms with Crippen molar-refractivity contribution in [1.82, 2.24) is 20.3 Å². The van der Waals surface area contributed by atoms with Crippen molar-refractivity contribution in [3.8, 4) is 6.01 Å². The summed E-state index contributed by atoms with van der Waals surface area (Å²) in [6.07, 6.45) is -2.85. The molecule has 0 spiro atoms. The van der Waals surface area contributed by atoms with E-state index in [4.69, 9.17) is 22.1 Å². The number of carbonyl (C=O) groups excluding carboxylic acids is 3. The predicted molar refractivity (Wildman–Crippen MR) is 159 cm³/mol. The van der Waals surface area contributed by atoms with Gasteiger partial charge >= 0.3 is 18.2 Å². The molecule has 1 aliphatic rings. The fourth-order valence-corrected chi connectivity index (χ4v) is 4.49. The molecular formula is C29H29ClF3N7O6. The van der Waals surface area contributed by atoms with Gasteiger partial charge in [-0.25, -0.2) is 4.79 Å². The van der Waals surface area contributed by atoms with E-state index in [1.807, 2.05) is 12.1 Å². The van der Waals surface area contributed by atoms with E-state index >= 15 is 0 Å². The van der Waals surface area contributed by atoms with Crippen molar-refractivity contribution in [2.24, 2.45) is 5.73 Å². The number of benzene rings is 2. The Morgan fingerprint density at radius 1 is 0.978 bits per heavy atom. The molecule has 46 heavy (non-hydrogen) atoms. The molecule has 0 aliphatic heterocycles. The minimum Gasteiger partial charge on any atom is -0.480 e. The summed E-state index contributed by atoms with van der Waals surface area (Å²) in [7, 11) is 0. The number of Topliss-reactive ketones (excluding diaryl/α,β-unsaturated/α-hetero) is 1. The number of hydrogen-bond acceptors (Lipinski definition) is 10. The summed E-state index contributed by atoms with van der Waals surface area (Å²) in [4.78, 5) is 58.7. The second-order valence-electron chi connectivity index (χ2n) is 10.5. The highest BCUT2D eigenvalue weighted by atomic mass is 35.5. The minimum absolute atomic E-state index is 0.0144. The van der Waals surface area contributed by atoms with E-state index in [-0.39, 0.29) is 43.1 Å². The summed E-state index contributed by atoms with van der Waals surface area (Å²) in [5.74, 6) is -3.96. The van der Waals surface area contributed by atoms with Gasteiger partial charge in [0, 0.05) is 22.7 Å². The first kappa shape index (κ1) is 33.9. The number of nitrogens with one attached hydrogen (secondary N) is 3. The molecule has 2 aromatic carbocycles. The third kappa shape index (κ3) is 9.76. The molecule has 3 aromatic rings. The van der Waals surface area contributed by atoms with Crippen LogP contribution in [0.4, 0.5) is 30.8 Å². The highest BCUT2D eigenvalue weighted by Crippen LogP contribution is 2.48. The minimum atomic E-state index is -4.63. The lowest BCUT2D eigenvalue weighted by Gasteiger charge is -2.19. The molecule has 1 fully saturated rings. The van der Waals surface area contributed by atoms with Crippen molar-refractivity contribution < 1.29 is 42.2 Å². The maximum Gasteiger partial charge on any atom is 0.422 e. The van der Waals surface area contributed by atoms with E-state index in [9.17, 15) is 37.5 Å². The number of halogens is 4. The molecule has 1 aromatic heterocycles. The highest BCUT2D eigenvalue weighted by molar-refractivity contribution is 6.35. The Morgan fingerprint density at radius 2 is 1.63 bits per heavy atom. The monoisotopic (exact) mass is 663 g/mol. The Balaban J connectivity index is 1.43. The smallest absolute Gasteiger partial charge is 0.422 e. The van der Waals surface area contributed by atoms with Gasteiger partial charge in [0.05, 0.1) is 5.54 Å². The number of nitrogens with two attached hydrogens (primary N) is 1. The number of ketones is 1. The molecule has 0 radical (unpaired) electrons. The molecular weight excluding hydrogens is 635 g/mol. The van der Waals surface area contributed by atoms with Crippen LogP contribution >= 0.6 is 11.6 Å². The van der Waals surface area contributed by atoms with Gasteiger partial charge < -0.3 is 31.5 Å². The molecule has 2 amide bonds. The van der Waals surface area contributed by atoms with Gasteiger partial charge in [-0.2, -0.15) is 28.1 Å². The van der Waals surface area contributed by atoms with Crippen molar-refractivity contribution in [2.75, 3.05) is 17.2 Å². The van der Waals surface area contributed by atoms with E-state index in [2.05, 4.69) is 30.9 Å². The highest BCUT2D eigenvalue weighted by Gasteiger charge is 2.45. The molecule has 0 bridgehead atoms. The number of amides is 2. The fourth-order valence-electron chi connectivity index (χ4n) is 4.36. The lowest BCUT2D eigenvalue weighted by molar-refractivity contribution is -0.154. The van der Waals surface area contributed by atoms with E-state index in [0.717, 1.165) is 5.56 Å². The predicted octanol–water partition coefficient (Wildman–Crippen LogP) is 4.11. The molecule has 1 heterocycles. The number of aliphatic carboxylic acids is 1. The van der Waals surface area contributed by atoms with Gasteiger partial charge in [0.25, 0.3) is 11.8 Å². The van der Waals surface area contributed by atoms with Gasteiger partial charge in [0.2, 0.25) is 17.7 Å². The van der Waals surface area contributed by atoms with Crippen molar-refractivity contribution >= 4 is 52.8 Å². The van der Waals surface area contributed by atoms with Gasteiger partial charge in [-0.15, -0.1) is 0 Å². The van der Waals surface area contributed by atoms with Gasteiger partial charge in [0.15, 0.2) is 6.61 Å². The molecule has 17 heteroatoms. The molecule has 13 nitrogen and oxygen atoms in total. The maximum atomic E-state index is 12.9. The SMILES string of the molecule is NC(=O)C(=O)CCCC[C@H](NC(=O)c1ccc(Nc2nc(NC3(c4ccc(Cl)cc4)CC3)nc(OCC(F)(F)F)n2)cc1)C(=O)O. The lowest BCUT2D eigenvalue weighted by Crippen LogP contribution is -2.40. The summed E-state index contributed by atoms with van der Waals surface area (Å²) < 4.78 is 43.3. The first-order chi connectivity index (χ1) is 21.7. The van der Waals surface area contributed by atoms with Gasteiger partial charge in [-0.3, -0.25) is 14.4 Å². The summed E-state index contributed by atoms with van der Waals surface area (Å²) in [6, 6.07) is 11.0. The average Bonchev–Trinajstić information content (AvgIpc) is 3.77. The lowest BCUT2D eigenvalue weighted by atomic mass is 10.1. The summed E-state index contributed by atoms with van der Waals surface area (Å²) in [5, 5.41) is 18.4. The molecule has 6 N–H and O–H groups in total. The largest absolute Gasteiger partial charge is 0.480 e. The number of primary amides is 1. The van der Waals surface area contributed by atoms with E-state index in [0.29, 0.717) is 23.6 Å². The maximum absolute atomic E-state index is 12.9. The number of carbonyl (C=O) groups is 4. The van der Waals surface area contributed by atoms with Crippen LogP contribution in [0.25, 0.3) is 0 Å². The van der Waals surface area contributed by atoms with Crippen LogP contribution in [0.15, 0.2) is 48.5 Å². The zero-order valence-electron chi connectivity index (χ0n) is 24.1. The van der Waals surface area contributed by atoms with Crippen LogP contribution in [0.5, 0.6) is 6.01 Å². The number of carboxylic acid groups (broad SMARTS) is 1. The molecule has 1 saturated carbocycles. The van der Waals surface area contributed by atoms with Crippen molar-refractivity contribution in [3.05, 3.63) is 64.7 Å². The number of rotatable bonds is 16. The second kappa shape index (κ2) is 14.4. The van der Waals surface area contributed by atoms with Crippen LogP contribution in [0.2, 0.25) is 5.02 Å². The quantitative estimate of drug-likeness (QED) is 0.109. The second-order valence-corrected chi connectivity index (χ2v) is 10.9. The van der Waals surface area contributed by atoms with Crippen LogP contribution in [0.3, 0.4) is 0 Å². The first-order valence-electron chi connectivity index (χ1n) is 14.0. The van der Waals surface area contributed by atoms with E-state index in [1.165, 1.54) is 24.3 Å². The Bertz CT molecular complexity index is 1590. The Kier molecular flexibility index (Phi) is 10.6. The normalized spacial score (nSPS) is 14.1. The Hall–Kier alpha value is -4.99. The van der Waals surface area contributed by atoms with Crippen LogP contribution in [-0.4, -0.2) is 62.5 Å². The van der Waals surface area contributed by atoms with Crippen molar-refractivity contribution in [1.29, 1.82) is 0 Å². The number of alkyl halides is 3. The molecule has 0 unspecified atom stereocenters. The van der Waals surface area contributed by atoms with Crippen LogP contribution in [0, 0.1) is 0 Å². The van der Waals surface area contributed by atoms with Gasteiger partial charge in [-0.1, -0.05) is 30.2 Å². The summed E-state index contributed by atoms with van der Waals surface area (Å²) in [6.45, 7) is -1.62. The molecule has 4 rings (SSSR count). The van der Waals surface area contributed by atoms with Crippen LogP contribution in [-0.2, 0) is 19.9 Å². The topological polar surface area (TPSA) is 199 Å². The zero-order chi connectivity index (χ0) is 33.5. The first-order valence-corrected chi connectivity index (χ1v) is 14.3. The Morgan fingerprint density at radius 3 is 2.22 bits per heavy atom. The molecule has 244 valence electrons. The number of hydrogen-bond donors (Lipinski definition) is 5. The molecule has 1 atom stereocenters. The van der Waals surface area contributed by atoms with Gasteiger partial charge in [-0.05, 0) is 67.6 Å². The third-order valence-electron chi connectivity index (χ3n) is 6.91. The molecule has 0 saturated heterocycles. The number of ether oxygens (including phenoxy) is 1. The average molecular weight is 664 g/mol. The zero-order valence-corrected chi connectivity index (χ0v) is 24.8. The standard InChI is InChI=1S/C29H29ClF3N7O6/c30-18-9-7-17(8-10-18)28(13-14-28)40-26-37-25(38-27(39-26)46-15-29(31,32)33)35-19-11-5-16(6-12-19)23(43)36-20(24(44)45)3-1-2-4-21(41)22(34)42/h5-12,20H,1-4,13-15H2,(H2,34,42)(H,36,43)(H,44,45)(H2,35,37,38,39,40)/t20-/m0/s1. The number of nitrogens with zero attached hydrogens (tertiary/aromatic N) is 3.